The third kappa shape index (κ3) is 5.47. The number of amides is 1. The number of alkyl halides is 4. The van der Waals surface area contributed by atoms with Crippen molar-refractivity contribution in [3.05, 3.63) is 36.5 Å². The van der Waals surface area contributed by atoms with Crippen LogP contribution in [0.2, 0.25) is 0 Å². The van der Waals surface area contributed by atoms with Gasteiger partial charge in [-0.05, 0) is 6.92 Å². The Balaban J connectivity index is 2.06. The third-order valence-corrected chi connectivity index (χ3v) is 3.95. The summed E-state index contributed by atoms with van der Waals surface area (Å²) < 4.78 is 59.7. The summed E-state index contributed by atoms with van der Waals surface area (Å²) >= 11 is 0. The molecule has 3 aromatic rings. The molecule has 3 aromatic heterocycles. The van der Waals surface area contributed by atoms with E-state index in [9.17, 15) is 22.4 Å². The lowest BCUT2D eigenvalue weighted by atomic mass is 10.2. The van der Waals surface area contributed by atoms with Gasteiger partial charge in [-0.1, -0.05) is 0 Å². The van der Waals surface area contributed by atoms with Gasteiger partial charge in [-0.3, -0.25) is 4.79 Å². The molecule has 9 nitrogen and oxygen atoms in total. The van der Waals surface area contributed by atoms with Crippen LogP contribution < -0.4 is 15.4 Å². The van der Waals surface area contributed by atoms with Crippen molar-refractivity contribution in [2.45, 2.75) is 33.2 Å². The van der Waals surface area contributed by atoms with Gasteiger partial charge in [0, 0.05) is 37.7 Å². The fourth-order valence-electron chi connectivity index (χ4n) is 2.63. The number of hydrogen-bond acceptors (Lipinski definition) is 7. The van der Waals surface area contributed by atoms with Gasteiger partial charge in [-0.15, -0.1) is 0 Å². The van der Waals surface area contributed by atoms with E-state index in [2.05, 4.69) is 30.7 Å². The van der Waals surface area contributed by atoms with Gasteiger partial charge in [0.05, 0.1) is 30.4 Å². The quantitative estimate of drug-likeness (QED) is 0.489. The maximum absolute atomic E-state index is 14.0. The van der Waals surface area contributed by atoms with E-state index in [4.69, 9.17) is 4.74 Å². The monoisotopic (exact) mass is 453 g/mol. The van der Waals surface area contributed by atoms with Gasteiger partial charge in [-0.2, -0.15) is 22.7 Å². The first-order chi connectivity index (χ1) is 15.1. The Kier molecular flexibility index (Phi) is 6.55. The number of nitrogens with one attached hydrogen (secondary N) is 2. The lowest BCUT2D eigenvalue weighted by Gasteiger charge is -2.16. The molecule has 0 saturated heterocycles. The SMILES string of the molecule is CCOc1cnc(NC(C)=O)cc1Nc1cc(-c2cnn(C(F)F)c2)nc(C(C)(F)F)n1. The summed E-state index contributed by atoms with van der Waals surface area (Å²) in [6.07, 6.45) is 3.42. The number of pyridine rings is 1. The molecule has 0 aliphatic carbocycles. The van der Waals surface area contributed by atoms with E-state index < -0.39 is 18.3 Å². The molecule has 0 fully saturated rings. The first kappa shape index (κ1) is 22.9. The molecular weight excluding hydrogens is 434 g/mol. The molecule has 0 saturated carbocycles. The second-order valence-corrected chi connectivity index (χ2v) is 6.64. The van der Waals surface area contributed by atoms with Gasteiger partial charge >= 0.3 is 12.5 Å². The standard InChI is InChI=1S/C19H19F4N7O2/c1-4-32-14-8-24-15(26-10(2)31)6-13(14)27-16-5-12(28-17(29-16)19(3,22)23)11-7-25-30(9-11)18(20)21/h5-9,18H,4H2,1-3H3,(H2,24,26,27,28,29,31). The van der Waals surface area contributed by atoms with Crippen molar-refractivity contribution in [2.24, 2.45) is 0 Å². The largest absolute Gasteiger partial charge is 0.490 e. The van der Waals surface area contributed by atoms with E-state index in [1.165, 1.54) is 25.3 Å². The zero-order valence-corrected chi connectivity index (χ0v) is 17.2. The molecule has 3 heterocycles. The minimum Gasteiger partial charge on any atom is -0.490 e. The normalized spacial score (nSPS) is 11.5. The van der Waals surface area contributed by atoms with E-state index in [0.717, 1.165) is 12.4 Å². The molecule has 32 heavy (non-hydrogen) atoms. The maximum Gasteiger partial charge on any atom is 0.333 e. The Hall–Kier alpha value is -3.77. The minimum atomic E-state index is -3.41. The van der Waals surface area contributed by atoms with Crippen molar-refractivity contribution in [3.63, 3.8) is 0 Å². The Bertz CT molecular complexity index is 1120. The van der Waals surface area contributed by atoms with Crippen LogP contribution in [0.25, 0.3) is 11.3 Å². The van der Waals surface area contributed by atoms with Gasteiger partial charge in [0.1, 0.15) is 11.6 Å². The lowest BCUT2D eigenvalue weighted by molar-refractivity contribution is -0.114. The summed E-state index contributed by atoms with van der Waals surface area (Å²) in [5.74, 6) is -4.18. The van der Waals surface area contributed by atoms with Crippen LogP contribution in [-0.4, -0.2) is 37.2 Å². The summed E-state index contributed by atoms with van der Waals surface area (Å²) in [4.78, 5) is 23.0. The number of nitrogens with zero attached hydrogens (tertiary/aromatic N) is 5. The molecule has 0 aromatic carbocycles. The number of aromatic nitrogens is 5. The molecule has 0 radical (unpaired) electrons. The van der Waals surface area contributed by atoms with Crippen molar-refractivity contribution >= 4 is 23.2 Å². The van der Waals surface area contributed by atoms with Gasteiger partial charge in [-0.25, -0.2) is 19.6 Å². The van der Waals surface area contributed by atoms with E-state index in [0.29, 0.717) is 11.6 Å². The Morgan fingerprint density at radius 1 is 1.22 bits per heavy atom. The van der Waals surface area contributed by atoms with Crippen LogP contribution in [0.4, 0.5) is 34.9 Å². The summed E-state index contributed by atoms with van der Waals surface area (Å²) in [5, 5.41) is 8.86. The molecule has 1 amide bonds. The summed E-state index contributed by atoms with van der Waals surface area (Å²) in [6, 6.07) is 2.74. The molecule has 170 valence electrons. The topological polar surface area (TPSA) is 107 Å². The molecule has 0 atom stereocenters. The fourth-order valence-corrected chi connectivity index (χ4v) is 2.63. The fraction of sp³-hybridized carbons (Fsp3) is 0.316. The van der Waals surface area contributed by atoms with Crippen LogP contribution >= 0.6 is 0 Å². The number of rotatable bonds is 8. The van der Waals surface area contributed by atoms with Gasteiger partial charge in [0.2, 0.25) is 11.7 Å². The van der Waals surface area contributed by atoms with Crippen molar-refractivity contribution in [3.8, 4) is 17.0 Å². The smallest absolute Gasteiger partial charge is 0.333 e. The van der Waals surface area contributed by atoms with Crippen LogP contribution in [0.3, 0.4) is 0 Å². The Morgan fingerprint density at radius 2 is 1.97 bits per heavy atom. The molecule has 0 aliphatic heterocycles. The predicted molar refractivity (Wildman–Crippen MR) is 107 cm³/mol. The third-order valence-electron chi connectivity index (χ3n) is 3.95. The van der Waals surface area contributed by atoms with Crippen LogP contribution in [0.15, 0.2) is 30.7 Å². The van der Waals surface area contributed by atoms with E-state index in [1.54, 1.807) is 6.92 Å². The van der Waals surface area contributed by atoms with Crippen LogP contribution in [0, 0.1) is 0 Å². The molecule has 0 bridgehead atoms. The zero-order chi connectivity index (χ0) is 23.5. The zero-order valence-electron chi connectivity index (χ0n) is 17.2. The first-order valence-corrected chi connectivity index (χ1v) is 9.34. The number of ether oxygens (including phenoxy) is 1. The summed E-state index contributed by atoms with van der Waals surface area (Å²) in [5.41, 5.74) is 0.337. The van der Waals surface area contributed by atoms with Crippen molar-refractivity contribution in [1.29, 1.82) is 0 Å². The van der Waals surface area contributed by atoms with Crippen LogP contribution in [0.1, 0.15) is 33.1 Å². The van der Waals surface area contributed by atoms with Crippen molar-refractivity contribution in [2.75, 3.05) is 17.2 Å². The molecule has 3 rings (SSSR count). The number of carbonyl (C=O) groups is 1. The highest BCUT2D eigenvalue weighted by atomic mass is 19.3. The highest BCUT2D eigenvalue weighted by Gasteiger charge is 2.30. The second-order valence-electron chi connectivity index (χ2n) is 6.64. The molecule has 0 unspecified atom stereocenters. The van der Waals surface area contributed by atoms with Crippen LogP contribution in [-0.2, 0) is 10.7 Å². The highest BCUT2D eigenvalue weighted by Crippen LogP contribution is 2.32. The van der Waals surface area contributed by atoms with E-state index in [-0.39, 0.29) is 46.8 Å². The maximum atomic E-state index is 14.0. The average Bonchev–Trinajstić information content (AvgIpc) is 3.19. The molecule has 0 spiro atoms. The van der Waals surface area contributed by atoms with Gasteiger partial charge in [0.25, 0.3) is 0 Å². The summed E-state index contributed by atoms with van der Waals surface area (Å²) in [7, 11) is 0. The minimum absolute atomic E-state index is 0.0416. The molecular formula is C19H19F4N7O2. The van der Waals surface area contributed by atoms with E-state index >= 15 is 0 Å². The van der Waals surface area contributed by atoms with Crippen LogP contribution in [0.5, 0.6) is 5.75 Å². The van der Waals surface area contributed by atoms with Crippen molar-refractivity contribution < 1.29 is 27.1 Å². The van der Waals surface area contributed by atoms with Gasteiger partial charge < -0.3 is 15.4 Å². The van der Waals surface area contributed by atoms with Crippen molar-refractivity contribution in [1.82, 2.24) is 24.7 Å². The highest BCUT2D eigenvalue weighted by molar-refractivity contribution is 5.88. The number of hydrogen-bond donors (Lipinski definition) is 2. The predicted octanol–water partition coefficient (Wildman–Crippen LogP) is 4.34. The Morgan fingerprint density at radius 3 is 2.56 bits per heavy atom. The number of anilines is 3. The Labute approximate surface area is 179 Å². The average molecular weight is 453 g/mol. The first-order valence-electron chi connectivity index (χ1n) is 9.34. The molecule has 0 aliphatic rings. The molecule has 13 heteroatoms. The summed E-state index contributed by atoms with van der Waals surface area (Å²) in [6.45, 7) is 1.05. The second kappa shape index (κ2) is 9.16. The lowest BCUT2D eigenvalue weighted by Crippen LogP contribution is -2.14. The number of halogens is 4. The van der Waals surface area contributed by atoms with Gasteiger partial charge in [0.15, 0.2) is 5.75 Å². The number of carbonyl (C=O) groups excluding carboxylic acids is 1. The van der Waals surface area contributed by atoms with E-state index in [1.807, 2.05) is 0 Å². The molecule has 2 N–H and O–H groups in total.